The summed E-state index contributed by atoms with van der Waals surface area (Å²) in [7, 11) is 0. The highest BCUT2D eigenvalue weighted by molar-refractivity contribution is 7.15. The first kappa shape index (κ1) is 30.0. The van der Waals surface area contributed by atoms with Crippen LogP contribution in [0.15, 0.2) is 90.6 Å². The van der Waals surface area contributed by atoms with Gasteiger partial charge in [-0.05, 0) is 48.5 Å². The van der Waals surface area contributed by atoms with E-state index >= 15 is 0 Å². The Balaban J connectivity index is 1.16. The molecule has 4 heterocycles. The highest BCUT2D eigenvalue weighted by Crippen LogP contribution is 2.35. The lowest BCUT2D eigenvalue weighted by Gasteiger charge is -2.35. The molecule has 1 aliphatic heterocycles. The summed E-state index contributed by atoms with van der Waals surface area (Å²) in [6.07, 6.45) is 3.58. The largest absolute Gasteiger partial charge is 0.368 e. The van der Waals surface area contributed by atoms with Crippen molar-refractivity contribution in [1.29, 1.82) is 0 Å². The fourth-order valence-corrected chi connectivity index (χ4v) is 6.34. The number of benzene rings is 3. The Labute approximate surface area is 272 Å². The van der Waals surface area contributed by atoms with Gasteiger partial charge in [0.2, 0.25) is 11.9 Å². The monoisotopic (exact) mass is 650 g/mol. The summed E-state index contributed by atoms with van der Waals surface area (Å²) in [5.74, 6) is -2.29. The number of piperazine rings is 1. The van der Waals surface area contributed by atoms with Crippen molar-refractivity contribution in [1.82, 2.24) is 24.3 Å². The Morgan fingerprint density at radius 1 is 0.872 bits per heavy atom. The van der Waals surface area contributed by atoms with Crippen molar-refractivity contribution in [3.63, 3.8) is 0 Å². The van der Waals surface area contributed by atoms with Gasteiger partial charge in [0.1, 0.15) is 22.9 Å². The van der Waals surface area contributed by atoms with Crippen molar-refractivity contribution >= 4 is 51.1 Å². The van der Waals surface area contributed by atoms with Crippen LogP contribution in [-0.2, 0) is 4.79 Å². The smallest absolute Gasteiger partial charge is 0.261 e. The van der Waals surface area contributed by atoms with Gasteiger partial charge in [-0.25, -0.2) is 23.7 Å². The number of anilines is 4. The molecule has 0 unspecified atom stereocenters. The molecule has 0 atom stereocenters. The number of fused-ring (bicyclic) bond motifs is 1. The number of imidazole rings is 1. The van der Waals surface area contributed by atoms with Crippen LogP contribution in [0.2, 0.25) is 0 Å². The topological polar surface area (TPSA) is 108 Å². The number of carbonyl (C=O) groups excluding carboxylic acids is 2. The molecule has 0 radical (unpaired) electrons. The van der Waals surface area contributed by atoms with Crippen molar-refractivity contribution in [2.45, 2.75) is 6.92 Å². The van der Waals surface area contributed by atoms with Crippen LogP contribution in [0.25, 0.3) is 27.6 Å². The second-order valence-electron chi connectivity index (χ2n) is 10.9. The molecule has 47 heavy (non-hydrogen) atoms. The predicted molar refractivity (Wildman–Crippen MR) is 178 cm³/mol. The lowest BCUT2D eigenvalue weighted by Crippen LogP contribution is -2.48. The molecule has 1 saturated heterocycles. The van der Waals surface area contributed by atoms with E-state index in [2.05, 4.69) is 20.5 Å². The molecule has 2 N–H and O–H groups in total. The van der Waals surface area contributed by atoms with Crippen molar-refractivity contribution in [2.24, 2.45) is 0 Å². The number of halogens is 2. The second-order valence-corrected chi connectivity index (χ2v) is 11.8. The summed E-state index contributed by atoms with van der Waals surface area (Å²) in [6.45, 7) is 4.46. The van der Waals surface area contributed by atoms with Gasteiger partial charge in [-0.2, -0.15) is 0 Å². The minimum absolute atomic E-state index is 0.0917. The molecule has 1 aliphatic rings. The molecule has 0 spiro atoms. The minimum atomic E-state index is -0.942. The normalized spacial score (nSPS) is 13.2. The fourth-order valence-electron chi connectivity index (χ4n) is 5.62. The molecule has 236 valence electrons. The maximum Gasteiger partial charge on any atom is 0.261 e. The molecule has 10 nitrogen and oxygen atoms in total. The van der Waals surface area contributed by atoms with E-state index in [1.54, 1.807) is 37.4 Å². The van der Waals surface area contributed by atoms with E-state index in [1.807, 2.05) is 51.2 Å². The summed E-state index contributed by atoms with van der Waals surface area (Å²) in [6, 6.07) is 20.0. The van der Waals surface area contributed by atoms with E-state index in [4.69, 9.17) is 9.97 Å². The number of hydrogen-bond donors (Lipinski definition) is 2. The number of rotatable bonds is 7. The van der Waals surface area contributed by atoms with Crippen LogP contribution in [0, 0.1) is 11.6 Å². The SMILES string of the molecule is CC(=O)N1CCN(c2cccc(Nc3nccc(-c4c(-c5cccc(NC(=O)c6c(F)cccc6F)c5)nc5sccn45)n3)c2)CC1. The summed E-state index contributed by atoms with van der Waals surface area (Å²) in [5.41, 5.74) is 4.17. The quantitative estimate of drug-likeness (QED) is 0.204. The Morgan fingerprint density at radius 3 is 2.40 bits per heavy atom. The lowest BCUT2D eigenvalue weighted by molar-refractivity contribution is -0.129. The average molecular weight is 651 g/mol. The zero-order chi connectivity index (χ0) is 32.5. The van der Waals surface area contributed by atoms with Gasteiger partial charge >= 0.3 is 0 Å². The molecule has 1 fully saturated rings. The van der Waals surface area contributed by atoms with Crippen LogP contribution in [-0.4, -0.2) is 62.2 Å². The zero-order valence-corrected chi connectivity index (χ0v) is 26.0. The van der Waals surface area contributed by atoms with Crippen LogP contribution < -0.4 is 15.5 Å². The molecule has 7 rings (SSSR count). The van der Waals surface area contributed by atoms with Crippen molar-refractivity contribution in [3.05, 3.63) is 108 Å². The van der Waals surface area contributed by atoms with Gasteiger partial charge in [-0.15, -0.1) is 11.3 Å². The van der Waals surface area contributed by atoms with Crippen LogP contribution in [0.3, 0.4) is 0 Å². The average Bonchev–Trinajstić information content (AvgIpc) is 3.67. The van der Waals surface area contributed by atoms with E-state index in [-0.39, 0.29) is 5.91 Å². The van der Waals surface area contributed by atoms with E-state index < -0.39 is 23.1 Å². The van der Waals surface area contributed by atoms with Gasteiger partial charge in [0, 0.05) is 73.5 Å². The first-order valence-electron chi connectivity index (χ1n) is 14.9. The Hall–Kier alpha value is -5.69. The van der Waals surface area contributed by atoms with Gasteiger partial charge in [0.05, 0.1) is 11.4 Å². The van der Waals surface area contributed by atoms with Gasteiger partial charge < -0.3 is 20.4 Å². The second kappa shape index (κ2) is 12.6. The fraction of sp³-hybridized carbons (Fsp3) is 0.147. The van der Waals surface area contributed by atoms with Crippen LogP contribution in [0.5, 0.6) is 0 Å². The van der Waals surface area contributed by atoms with Gasteiger partial charge in [-0.3, -0.25) is 14.0 Å². The highest BCUT2D eigenvalue weighted by Gasteiger charge is 2.22. The third-order valence-electron chi connectivity index (χ3n) is 7.94. The molecular weight excluding hydrogens is 622 g/mol. The number of carbonyl (C=O) groups is 2. The van der Waals surface area contributed by atoms with Crippen molar-refractivity contribution in [3.8, 4) is 22.6 Å². The van der Waals surface area contributed by atoms with E-state index in [0.717, 1.165) is 41.6 Å². The summed E-state index contributed by atoms with van der Waals surface area (Å²) < 4.78 is 30.4. The van der Waals surface area contributed by atoms with Crippen LogP contribution in [0.1, 0.15) is 17.3 Å². The summed E-state index contributed by atoms with van der Waals surface area (Å²) >= 11 is 1.46. The first-order chi connectivity index (χ1) is 22.8. The molecule has 6 aromatic rings. The number of nitrogens with zero attached hydrogens (tertiary/aromatic N) is 6. The minimum Gasteiger partial charge on any atom is -0.368 e. The third kappa shape index (κ3) is 6.12. The van der Waals surface area contributed by atoms with Gasteiger partial charge in [-0.1, -0.05) is 24.3 Å². The Kier molecular flexibility index (Phi) is 8.04. The third-order valence-corrected chi connectivity index (χ3v) is 8.69. The number of nitrogens with one attached hydrogen (secondary N) is 2. The molecule has 13 heteroatoms. The molecule has 0 aliphatic carbocycles. The molecule has 2 amide bonds. The molecule has 0 saturated carbocycles. The maximum atomic E-state index is 14.2. The number of aromatic nitrogens is 4. The molecular formula is C34H28F2N8O2S. The number of amides is 2. The number of thiazole rings is 1. The van der Waals surface area contributed by atoms with E-state index in [1.165, 1.54) is 17.4 Å². The molecule has 3 aromatic carbocycles. The summed E-state index contributed by atoms with van der Waals surface area (Å²) in [5, 5.41) is 7.85. The predicted octanol–water partition coefficient (Wildman–Crippen LogP) is 6.46. The maximum absolute atomic E-state index is 14.2. The highest BCUT2D eigenvalue weighted by atomic mass is 32.1. The van der Waals surface area contributed by atoms with Gasteiger partial charge in [0.15, 0.2) is 4.96 Å². The first-order valence-corrected chi connectivity index (χ1v) is 15.7. The van der Waals surface area contributed by atoms with Crippen molar-refractivity contribution in [2.75, 3.05) is 41.7 Å². The molecule has 3 aromatic heterocycles. The Morgan fingerprint density at radius 2 is 1.62 bits per heavy atom. The van der Waals surface area contributed by atoms with E-state index in [9.17, 15) is 18.4 Å². The standard InChI is InChI=1S/C34H28F2N8O2S/c1-21(45)42-13-15-43(16-14-42)25-8-3-7-24(20-25)39-33-37-12-11-28(40-33)31-30(41-34-44(31)17-18-47-34)22-5-2-6-23(19-22)38-32(46)29-26(35)9-4-10-27(29)36/h2-12,17-20H,13-16H2,1H3,(H,38,46)(H,37,39,40). The summed E-state index contributed by atoms with van der Waals surface area (Å²) in [4.78, 5) is 43.5. The lowest BCUT2D eigenvalue weighted by atomic mass is 10.1. The number of hydrogen-bond acceptors (Lipinski definition) is 8. The van der Waals surface area contributed by atoms with Gasteiger partial charge in [0.25, 0.3) is 5.91 Å². The molecule has 0 bridgehead atoms. The zero-order valence-electron chi connectivity index (χ0n) is 25.2. The van der Waals surface area contributed by atoms with E-state index in [0.29, 0.717) is 47.4 Å². The Bertz CT molecular complexity index is 2100. The van der Waals surface area contributed by atoms with Crippen molar-refractivity contribution < 1.29 is 18.4 Å². The van der Waals surface area contributed by atoms with Crippen LogP contribution in [0.4, 0.5) is 31.8 Å². The van der Waals surface area contributed by atoms with Crippen LogP contribution >= 0.6 is 11.3 Å².